The Labute approximate surface area is 75.4 Å². The average molecular weight is 178 g/mol. The predicted molar refractivity (Wildman–Crippen MR) is 48.1 cm³/mol. The third-order valence-corrected chi connectivity index (χ3v) is 2.29. The highest BCUT2D eigenvalue weighted by Crippen LogP contribution is 2.29. The maximum absolute atomic E-state index is 10.8. The molecule has 4 N–H and O–H groups in total. The van der Waals surface area contributed by atoms with E-state index in [9.17, 15) is 4.79 Å². The van der Waals surface area contributed by atoms with Crippen LogP contribution in [0.4, 0.5) is 5.69 Å². The number of aliphatic carboxylic acids is 1. The van der Waals surface area contributed by atoms with Gasteiger partial charge in [0.15, 0.2) is 0 Å². The summed E-state index contributed by atoms with van der Waals surface area (Å²) >= 11 is 0. The van der Waals surface area contributed by atoms with Gasteiger partial charge in [-0.05, 0) is 17.2 Å². The molecule has 0 bridgehead atoms. The summed E-state index contributed by atoms with van der Waals surface area (Å²) in [4.78, 5) is 10.8. The lowest BCUT2D eigenvalue weighted by Gasteiger charge is -2.05. The van der Waals surface area contributed by atoms with E-state index in [0.29, 0.717) is 12.2 Å². The Balaban J connectivity index is 2.49. The largest absolute Gasteiger partial charge is 0.480 e. The molecule has 0 aromatic heterocycles. The van der Waals surface area contributed by atoms with Gasteiger partial charge in [-0.15, -0.1) is 0 Å². The Morgan fingerprint density at radius 3 is 3.08 bits per heavy atom. The molecule has 0 radical (unpaired) electrons. The summed E-state index contributed by atoms with van der Waals surface area (Å²) in [7, 11) is 0. The van der Waals surface area contributed by atoms with Gasteiger partial charge in [0.05, 0.1) is 0 Å². The fourth-order valence-electron chi connectivity index (χ4n) is 1.63. The number of hydrogen-bond acceptors (Lipinski definition) is 3. The molecule has 68 valence electrons. The number of benzene rings is 1. The van der Waals surface area contributed by atoms with Gasteiger partial charge in [0.1, 0.15) is 6.04 Å². The first-order chi connectivity index (χ1) is 6.20. The minimum absolute atomic E-state index is 0.541. The van der Waals surface area contributed by atoms with E-state index < -0.39 is 12.0 Å². The van der Waals surface area contributed by atoms with Crippen LogP contribution in [0, 0.1) is 0 Å². The second-order valence-electron chi connectivity index (χ2n) is 3.07. The molecule has 0 saturated heterocycles. The smallest absolute Gasteiger partial charge is 0.325 e. The predicted octanol–water partition coefficient (Wildman–Crippen LogP) is 0.498. The number of fused-ring (bicyclic) bond motifs is 1. The first-order valence-corrected chi connectivity index (χ1v) is 4.03. The molecular weight excluding hydrogens is 168 g/mol. The Hall–Kier alpha value is -1.55. The summed E-state index contributed by atoms with van der Waals surface area (Å²) in [6, 6.07) is 4.75. The minimum atomic E-state index is -0.857. The van der Waals surface area contributed by atoms with E-state index in [2.05, 4.69) is 5.32 Å². The van der Waals surface area contributed by atoms with Crippen LogP contribution in [0.3, 0.4) is 0 Å². The molecule has 0 aliphatic carbocycles. The van der Waals surface area contributed by atoms with Crippen molar-refractivity contribution in [3.8, 4) is 0 Å². The highest BCUT2D eigenvalue weighted by atomic mass is 16.4. The molecule has 1 aromatic carbocycles. The van der Waals surface area contributed by atoms with Gasteiger partial charge in [-0.25, -0.2) is 0 Å². The molecule has 1 atom stereocenters. The van der Waals surface area contributed by atoms with E-state index >= 15 is 0 Å². The van der Waals surface area contributed by atoms with Gasteiger partial charge in [-0.1, -0.05) is 12.1 Å². The van der Waals surface area contributed by atoms with E-state index in [0.717, 1.165) is 11.1 Å². The molecule has 13 heavy (non-hydrogen) atoms. The highest BCUT2D eigenvalue weighted by molar-refractivity contribution is 5.78. The average Bonchev–Trinajstić information content (AvgIpc) is 2.48. The third-order valence-electron chi connectivity index (χ3n) is 2.29. The van der Waals surface area contributed by atoms with Crippen molar-refractivity contribution in [3.05, 3.63) is 29.3 Å². The van der Waals surface area contributed by atoms with Gasteiger partial charge < -0.3 is 10.8 Å². The van der Waals surface area contributed by atoms with Crippen molar-refractivity contribution >= 4 is 11.7 Å². The maximum atomic E-state index is 10.8. The Morgan fingerprint density at radius 2 is 2.38 bits per heavy atom. The first-order valence-electron chi connectivity index (χ1n) is 4.03. The summed E-state index contributed by atoms with van der Waals surface area (Å²) in [6.45, 7) is 0.541. The van der Waals surface area contributed by atoms with Crippen molar-refractivity contribution in [3.63, 3.8) is 0 Å². The van der Waals surface area contributed by atoms with Crippen molar-refractivity contribution < 1.29 is 9.90 Å². The maximum Gasteiger partial charge on any atom is 0.325 e. The van der Waals surface area contributed by atoms with Crippen molar-refractivity contribution in [2.75, 3.05) is 5.73 Å². The highest BCUT2D eigenvalue weighted by Gasteiger charge is 2.28. The molecule has 0 spiro atoms. The number of anilines is 1. The van der Waals surface area contributed by atoms with E-state index in [4.69, 9.17) is 10.8 Å². The van der Waals surface area contributed by atoms with Crippen LogP contribution in [0.5, 0.6) is 0 Å². The topological polar surface area (TPSA) is 75.3 Å². The van der Waals surface area contributed by atoms with Gasteiger partial charge in [-0.3, -0.25) is 10.1 Å². The van der Waals surface area contributed by atoms with E-state index in [1.54, 1.807) is 18.2 Å². The van der Waals surface area contributed by atoms with Gasteiger partial charge in [-0.2, -0.15) is 0 Å². The number of nitrogens with two attached hydrogens (primary N) is 1. The Kier molecular flexibility index (Phi) is 1.70. The minimum Gasteiger partial charge on any atom is -0.480 e. The SMILES string of the molecule is Nc1cccc2c1CN[C@@H]2C(=O)O. The lowest BCUT2D eigenvalue weighted by molar-refractivity contribution is -0.139. The summed E-state index contributed by atoms with van der Waals surface area (Å²) in [5.74, 6) is -0.857. The first kappa shape index (κ1) is 8.07. The zero-order valence-corrected chi connectivity index (χ0v) is 6.95. The van der Waals surface area contributed by atoms with E-state index in [1.165, 1.54) is 0 Å². The van der Waals surface area contributed by atoms with Crippen LogP contribution in [0.25, 0.3) is 0 Å². The lowest BCUT2D eigenvalue weighted by atomic mass is 10.0. The van der Waals surface area contributed by atoms with E-state index in [-0.39, 0.29) is 0 Å². The molecule has 0 saturated carbocycles. The summed E-state index contributed by atoms with van der Waals surface area (Å²) in [5, 5.41) is 11.7. The molecule has 0 unspecified atom stereocenters. The quantitative estimate of drug-likeness (QED) is 0.547. The number of carboxylic acids is 1. The monoisotopic (exact) mass is 178 g/mol. The number of nitrogen functional groups attached to an aromatic ring is 1. The summed E-state index contributed by atoms with van der Waals surface area (Å²) in [5.41, 5.74) is 8.06. The molecular formula is C9H10N2O2. The molecule has 2 rings (SSSR count). The summed E-state index contributed by atoms with van der Waals surface area (Å²) in [6.07, 6.45) is 0. The Morgan fingerprint density at radius 1 is 1.62 bits per heavy atom. The zero-order valence-electron chi connectivity index (χ0n) is 6.95. The fourth-order valence-corrected chi connectivity index (χ4v) is 1.63. The Bertz CT molecular complexity index is 363. The zero-order chi connectivity index (χ0) is 9.42. The number of carboxylic acid groups (broad SMARTS) is 1. The standard InChI is InChI=1S/C9H10N2O2/c10-7-3-1-2-5-6(7)4-11-8(5)9(12)13/h1-3,8,11H,4,10H2,(H,12,13)/t8-/m0/s1. The lowest BCUT2D eigenvalue weighted by Crippen LogP contribution is -2.21. The number of nitrogens with one attached hydrogen (secondary N) is 1. The molecule has 1 aliphatic heterocycles. The number of hydrogen-bond donors (Lipinski definition) is 3. The van der Waals surface area contributed by atoms with Crippen LogP contribution in [-0.4, -0.2) is 11.1 Å². The van der Waals surface area contributed by atoms with Gasteiger partial charge >= 0.3 is 5.97 Å². The fraction of sp³-hybridized carbons (Fsp3) is 0.222. The summed E-state index contributed by atoms with van der Waals surface area (Å²) < 4.78 is 0. The molecule has 1 heterocycles. The third kappa shape index (κ3) is 1.15. The van der Waals surface area contributed by atoms with Crippen molar-refractivity contribution in [2.24, 2.45) is 0 Å². The number of rotatable bonds is 1. The van der Waals surface area contributed by atoms with Crippen molar-refractivity contribution in [1.29, 1.82) is 0 Å². The van der Waals surface area contributed by atoms with Crippen molar-refractivity contribution in [1.82, 2.24) is 5.32 Å². The van der Waals surface area contributed by atoms with Gasteiger partial charge in [0, 0.05) is 12.2 Å². The molecule has 0 amide bonds. The van der Waals surface area contributed by atoms with Crippen LogP contribution in [0.15, 0.2) is 18.2 Å². The van der Waals surface area contributed by atoms with Crippen LogP contribution < -0.4 is 11.1 Å². The second kappa shape index (κ2) is 2.74. The van der Waals surface area contributed by atoms with Crippen LogP contribution in [0.1, 0.15) is 17.2 Å². The van der Waals surface area contributed by atoms with Gasteiger partial charge in [0.2, 0.25) is 0 Å². The molecule has 4 heteroatoms. The molecule has 4 nitrogen and oxygen atoms in total. The normalized spacial score (nSPS) is 19.8. The van der Waals surface area contributed by atoms with Crippen molar-refractivity contribution in [2.45, 2.75) is 12.6 Å². The van der Waals surface area contributed by atoms with Gasteiger partial charge in [0.25, 0.3) is 0 Å². The van der Waals surface area contributed by atoms with Crippen LogP contribution >= 0.6 is 0 Å². The van der Waals surface area contributed by atoms with Crippen LogP contribution in [-0.2, 0) is 11.3 Å². The van der Waals surface area contributed by atoms with E-state index in [1.807, 2.05) is 0 Å². The second-order valence-corrected chi connectivity index (χ2v) is 3.07. The van der Waals surface area contributed by atoms with Crippen LogP contribution in [0.2, 0.25) is 0 Å². The molecule has 1 aliphatic rings. The number of carbonyl (C=O) groups is 1. The molecule has 0 fully saturated rings. The molecule has 1 aromatic rings.